The Bertz CT molecular complexity index is 2140. The number of hydrogen-bond acceptors (Lipinski definition) is 8. The molecule has 51 heavy (non-hydrogen) atoms. The summed E-state index contributed by atoms with van der Waals surface area (Å²) in [6.45, 7) is 7.01. The summed E-state index contributed by atoms with van der Waals surface area (Å²) in [5.41, 5.74) is 6.07. The highest BCUT2D eigenvalue weighted by atomic mass is 16.2. The van der Waals surface area contributed by atoms with Gasteiger partial charge in [0.25, 0.3) is 11.8 Å². The molecule has 0 saturated carbocycles. The molecule has 0 radical (unpaired) electrons. The Morgan fingerprint density at radius 1 is 1.02 bits per heavy atom. The summed E-state index contributed by atoms with van der Waals surface area (Å²) in [5.74, 6) is -3.13. The number of carbonyl (C=O) groups is 5. The van der Waals surface area contributed by atoms with Crippen molar-refractivity contribution in [2.45, 2.75) is 63.8 Å². The highest BCUT2D eigenvalue weighted by Crippen LogP contribution is 2.42. The molecule has 2 atom stereocenters. The van der Waals surface area contributed by atoms with E-state index in [-0.39, 0.29) is 47.6 Å². The number of piperidine rings is 1. The highest BCUT2D eigenvalue weighted by molar-refractivity contribution is 6.23. The van der Waals surface area contributed by atoms with Crippen molar-refractivity contribution in [2.24, 2.45) is 5.41 Å². The van der Waals surface area contributed by atoms with E-state index in [4.69, 9.17) is 5.10 Å². The molecule has 264 valence electrons. The van der Waals surface area contributed by atoms with E-state index < -0.39 is 29.2 Å². The van der Waals surface area contributed by atoms with Crippen molar-refractivity contribution in [1.82, 2.24) is 41.3 Å². The summed E-state index contributed by atoms with van der Waals surface area (Å²) in [5, 5.41) is 20.1. The van der Waals surface area contributed by atoms with Gasteiger partial charge in [-0.25, -0.2) is 0 Å². The molecule has 2 saturated heterocycles. The first-order valence-electron chi connectivity index (χ1n) is 17.7. The number of aromatic nitrogens is 3. The fraction of sp³-hybridized carbons (Fsp3) is 0.421. The summed E-state index contributed by atoms with van der Waals surface area (Å²) < 4.78 is 0. The van der Waals surface area contributed by atoms with Crippen LogP contribution in [0.5, 0.6) is 0 Å². The molecule has 0 spiro atoms. The number of rotatable bonds is 7. The number of fused-ring (bicyclic) bond motifs is 3. The van der Waals surface area contributed by atoms with E-state index in [1.54, 1.807) is 19.2 Å². The zero-order valence-electron chi connectivity index (χ0n) is 29.0. The first-order chi connectivity index (χ1) is 24.5. The van der Waals surface area contributed by atoms with E-state index in [0.717, 1.165) is 47.1 Å². The third-order valence-electron chi connectivity index (χ3n) is 11.3. The number of likely N-dealkylation sites (N-methyl/N-ethyl adjacent to an activating group) is 1. The second-order valence-corrected chi connectivity index (χ2v) is 15.1. The van der Waals surface area contributed by atoms with Gasteiger partial charge in [-0.15, -0.1) is 0 Å². The van der Waals surface area contributed by atoms with Gasteiger partial charge in [0.2, 0.25) is 17.7 Å². The van der Waals surface area contributed by atoms with Crippen LogP contribution in [0.25, 0.3) is 22.3 Å². The number of benzene rings is 2. The maximum Gasteiger partial charge on any atom is 0.259 e. The van der Waals surface area contributed by atoms with Gasteiger partial charge in [0.15, 0.2) is 0 Å². The van der Waals surface area contributed by atoms with Crippen molar-refractivity contribution in [1.29, 1.82) is 0 Å². The van der Waals surface area contributed by atoms with Gasteiger partial charge in [-0.3, -0.25) is 44.6 Å². The number of hydrogen-bond donors (Lipinski definition) is 6. The van der Waals surface area contributed by atoms with Gasteiger partial charge < -0.3 is 15.6 Å². The summed E-state index contributed by atoms with van der Waals surface area (Å²) in [6.07, 6.45) is 3.35. The fourth-order valence-corrected chi connectivity index (χ4v) is 8.71. The SMILES string of the molecule is CNC(=O)C(Cc1ccc2c(c1C1CCC(=O)NC1=O)C(=O)NC2=O)(c1ccc2cc(-c3n[nH]c4c3CCC(C)(C)C4)[nH]c2c1)N1CCNCC1. The molecule has 4 aliphatic rings. The number of amides is 5. The molecular formula is C38H42N8O5. The second kappa shape index (κ2) is 12.3. The van der Waals surface area contributed by atoms with Crippen LogP contribution < -0.4 is 21.3 Å². The summed E-state index contributed by atoms with van der Waals surface area (Å²) in [4.78, 5) is 72.0. The number of imide groups is 2. The molecular weight excluding hydrogens is 648 g/mol. The van der Waals surface area contributed by atoms with E-state index in [0.29, 0.717) is 37.3 Å². The Labute approximate surface area is 294 Å². The predicted molar refractivity (Wildman–Crippen MR) is 189 cm³/mol. The Kier molecular flexibility index (Phi) is 7.95. The van der Waals surface area contributed by atoms with Gasteiger partial charge in [-0.05, 0) is 66.0 Å². The van der Waals surface area contributed by atoms with Gasteiger partial charge in [0, 0.05) is 68.2 Å². The molecule has 8 rings (SSSR count). The van der Waals surface area contributed by atoms with Crippen LogP contribution in [0.15, 0.2) is 36.4 Å². The number of aromatic amines is 2. The van der Waals surface area contributed by atoms with Crippen molar-refractivity contribution in [3.8, 4) is 11.4 Å². The first kappa shape index (κ1) is 33.0. The maximum atomic E-state index is 14.6. The molecule has 13 heteroatoms. The standard InChI is InChI=1S/C38H42N8O5/c1-37(2)11-10-23-28(19-37)44-45-32(23)27-16-20-4-6-22(17-26(20)41-27)38(36(51)39-3,46-14-12-40-13-15-46)18-21-5-7-25-31(35(50)43-34(25)49)30(21)24-8-9-29(47)42-33(24)48/h4-7,16-17,24,40-41H,8-15,18-19H2,1-3H3,(H,39,51)(H,44,45)(H,42,47,48)(H,43,49,50). The van der Waals surface area contributed by atoms with Crippen LogP contribution in [0.4, 0.5) is 0 Å². The van der Waals surface area contributed by atoms with Crippen molar-refractivity contribution in [2.75, 3.05) is 33.2 Å². The Hall–Kier alpha value is -5.14. The number of carbonyl (C=O) groups excluding carboxylic acids is 5. The summed E-state index contributed by atoms with van der Waals surface area (Å²) >= 11 is 0. The lowest BCUT2D eigenvalue weighted by atomic mass is 9.75. The quantitative estimate of drug-likeness (QED) is 0.160. The van der Waals surface area contributed by atoms with Crippen LogP contribution >= 0.6 is 0 Å². The topological polar surface area (TPSA) is 181 Å². The lowest BCUT2D eigenvalue weighted by Crippen LogP contribution is -2.61. The highest BCUT2D eigenvalue weighted by Gasteiger charge is 2.48. The van der Waals surface area contributed by atoms with Crippen LogP contribution in [0, 0.1) is 5.41 Å². The molecule has 2 fully saturated rings. The molecule has 5 amide bonds. The van der Waals surface area contributed by atoms with E-state index in [1.165, 1.54) is 11.3 Å². The van der Waals surface area contributed by atoms with E-state index in [2.05, 4.69) is 56.2 Å². The number of H-pyrrole nitrogens is 2. The molecule has 13 nitrogen and oxygen atoms in total. The fourth-order valence-electron chi connectivity index (χ4n) is 8.71. The van der Waals surface area contributed by atoms with E-state index in [9.17, 15) is 24.0 Å². The largest absolute Gasteiger partial charge is 0.357 e. The van der Waals surface area contributed by atoms with Crippen LogP contribution in [0.3, 0.4) is 0 Å². The third kappa shape index (κ3) is 5.46. The van der Waals surface area contributed by atoms with Crippen LogP contribution in [0.1, 0.15) is 87.7 Å². The Morgan fingerprint density at radius 3 is 2.59 bits per heavy atom. The van der Waals surface area contributed by atoms with Crippen LogP contribution in [0.2, 0.25) is 0 Å². The average molecular weight is 691 g/mol. The smallest absolute Gasteiger partial charge is 0.259 e. The number of nitrogens with one attached hydrogen (secondary N) is 6. The molecule has 1 aliphatic carbocycles. The molecule has 0 bridgehead atoms. The molecule has 2 aromatic heterocycles. The number of piperazine rings is 1. The molecule has 5 heterocycles. The van der Waals surface area contributed by atoms with Crippen molar-refractivity contribution in [3.05, 3.63) is 75.5 Å². The molecule has 4 aromatic rings. The zero-order chi connectivity index (χ0) is 35.7. The monoisotopic (exact) mass is 690 g/mol. The Balaban J connectivity index is 1.28. The second-order valence-electron chi connectivity index (χ2n) is 15.1. The van der Waals surface area contributed by atoms with Gasteiger partial charge >= 0.3 is 0 Å². The minimum absolute atomic E-state index is 0.0935. The maximum absolute atomic E-state index is 14.6. The molecule has 6 N–H and O–H groups in total. The lowest BCUT2D eigenvalue weighted by molar-refractivity contribution is -0.135. The summed E-state index contributed by atoms with van der Waals surface area (Å²) in [7, 11) is 1.61. The first-order valence-corrected chi connectivity index (χ1v) is 17.7. The molecule has 2 aromatic carbocycles. The van der Waals surface area contributed by atoms with Crippen molar-refractivity contribution < 1.29 is 24.0 Å². The minimum atomic E-state index is -1.27. The van der Waals surface area contributed by atoms with Crippen LogP contribution in [-0.4, -0.2) is 82.8 Å². The van der Waals surface area contributed by atoms with Crippen LogP contribution in [-0.2, 0) is 39.2 Å². The zero-order valence-corrected chi connectivity index (χ0v) is 29.0. The van der Waals surface area contributed by atoms with Gasteiger partial charge in [0.05, 0.1) is 22.7 Å². The lowest BCUT2D eigenvalue weighted by Gasteiger charge is -2.45. The molecule has 3 aliphatic heterocycles. The van der Waals surface area contributed by atoms with E-state index >= 15 is 0 Å². The summed E-state index contributed by atoms with van der Waals surface area (Å²) in [6, 6.07) is 11.5. The van der Waals surface area contributed by atoms with Crippen molar-refractivity contribution in [3.63, 3.8) is 0 Å². The average Bonchev–Trinajstić information content (AvgIpc) is 3.81. The Morgan fingerprint density at radius 2 is 1.82 bits per heavy atom. The number of nitrogens with zero attached hydrogens (tertiary/aromatic N) is 2. The normalized spacial score (nSPS) is 21.5. The predicted octanol–water partition coefficient (Wildman–Crippen LogP) is 2.57. The van der Waals surface area contributed by atoms with Gasteiger partial charge in [-0.1, -0.05) is 32.0 Å². The molecule has 2 unspecified atom stereocenters. The minimum Gasteiger partial charge on any atom is -0.357 e. The van der Waals surface area contributed by atoms with Crippen molar-refractivity contribution >= 4 is 40.4 Å². The third-order valence-corrected chi connectivity index (χ3v) is 11.3. The van der Waals surface area contributed by atoms with Gasteiger partial charge in [0.1, 0.15) is 11.2 Å². The van der Waals surface area contributed by atoms with Gasteiger partial charge in [-0.2, -0.15) is 5.10 Å². The van der Waals surface area contributed by atoms with E-state index in [1.807, 2.05) is 18.2 Å².